The second-order valence-electron chi connectivity index (χ2n) is 5.59. The van der Waals surface area contributed by atoms with Gasteiger partial charge in [0.2, 0.25) is 0 Å². The third-order valence-corrected chi connectivity index (χ3v) is 4.13. The van der Waals surface area contributed by atoms with Crippen molar-refractivity contribution in [3.63, 3.8) is 0 Å². The molecule has 106 valence electrons. The first-order chi connectivity index (χ1) is 9.63. The van der Waals surface area contributed by atoms with Gasteiger partial charge in [-0.2, -0.15) is 0 Å². The van der Waals surface area contributed by atoms with Crippen molar-refractivity contribution >= 4 is 5.91 Å². The van der Waals surface area contributed by atoms with Crippen LogP contribution in [0.4, 0.5) is 4.39 Å². The Morgan fingerprint density at radius 1 is 1.25 bits per heavy atom. The Morgan fingerprint density at radius 2 is 1.85 bits per heavy atom. The van der Waals surface area contributed by atoms with Gasteiger partial charge in [0.15, 0.2) is 6.61 Å². The van der Waals surface area contributed by atoms with E-state index >= 15 is 0 Å². The Labute approximate surface area is 118 Å². The fourth-order valence-corrected chi connectivity index (χ4v) is 3.27. The van der Waals surface area contributed by atoms with Crippen LogP contribution >= 0.6 is 0 Å². The molecule has 1 aromatic rings. The summed E-state index contributed by atoms with van der Waals surface area (Å²) in [4.78, 5) is 14.3. The fourth-order valence-electron chi connectivity index (χ4n) is 3.27. The van der Waals surface area contributed by atoms with Crippen molar-refractivity contribution in [1.82, 2.24) is 4.90 Å². The van der Waals surface area contributed by atoms with Gasteiger partial charge < -0.3 is 9.64 Å². The molecule has 2 bridgehead atoms. The molecule has 0 spiro atoms. The van der Waals surface area contributed by atoms with Crippen LogP contribution in [0.1, 0.15) is 25.7 Å². The van der Waals surface area contributed by atoms with E-state index in [4.69, 9.17) is 4.74 Å². The van der Waals surface area contributed by atoms with Crippen molar-refractivity contribution in [3.05, 3.63) is 42.2 Å². The Kier molecular flexibility index (Phi) is 3.47. The van der Waals surface area contributed by atoms with Crippen molar-refractivity contribution in [3.8, 4) is 5.75 Å². The molecule has 2 heterocycles. The van der Waals surface area contributed by atoms with E-state index in [1.165, 1.54) is 29.8 Å². The molecular weight excluding hydrogens is 257 g/mol. The van der Waals surface area contributed by atoms with Crippen molar-refractivity contribution in [2.45, 2.75) is 37.8 Å². The van der Waals surface area contributed by atoms with Crippen molar-refractivity contribution < 1.29 is 13.9 Å². The summed E-state index contributed by atoms with van der Waals surface area (Å²) in [5.74, 6) is 0.235. The Balaban J connectivity index is 1.60. The maximum Gasteiger partial charge on any atom is 0.261 e. The number of halogens is 1. The van der Waals surface area contributed by atoms with Gasteiger partial charge in [-0.3, -0.25) is 4.79 Å². The van der Waals surface area contributed by atoms with Gasteiger partial charge in [-0.15, -0.1) is 0 Å². The summed E-state index contributed by atoms with van der Waals surface area (Å²) >= 11 is 0. The number of fused-ring (bicyclic) bond motifs is 2. The largest absolute Gasteiger partial charge is 0.484 e. The van der Waals surface area contributed by atoms with Crippen LogP contribution in [0.3, 0.4) is 0 Å². The first-order valence-electron chi connectivity index (χ1n) is 6.99. The Morgan fingerprint density at radius 3 is 2.45 bits per heavy atom. The molecule has 20 heavy (non-hydrogen) atoms. The van der Waals surface area contributed by atoms with Crippen LogP contribution in [0.15, 0.2) is 36.4 Å². The SMILES string of the molecule is C=C1CC2CCC(C1)N2C(=O)COc1ccc(F)cc1. The number of amides is 1. The molecule has 0 aromatic heterocycles. The van der Waals surface area contributed by atoms with Gasteiger partial charge in [-0.1, -0.05) is 12.2 Å². The smallest absolute Gasteiger partial charge is 0.261 e. The molecule has 4 heteroatoms. The number of benzene rings is 1. The summed E-state index contributed by atoms with van der Waals surface area (Å²) in [5, 5.41) is 0. The molecule has 3 nitrogen and oxygen atoms in total. The fraction of sp³-hybridized carbons (Fsp3) is 0.438. The monoisotopic (exact) mass is 275 g/mol. The molecule has 1 amide bonds. The summed E-state index contributed by atoms with van der Waals surface area (Å²) in [6, 6.07) is 6.32. The van der Waals surface area contributed by atoms with E-state index in [1.54, 1.807) is 0 Å². The highest BCUT2D eigenvalue weighted by molar-refractivity contribution is 5.79. The lowest BCUT2D eigenvalue weighted by molar-refractivity contribution is -0.137. The van der Waals surface area contributed by atoms with Gasteiger partial charge in [0.25, 0.3) is 5.91 Å². The molecule has 1 aromatic carbocycles. The van der Waals surface area contributed by atoms with Crippen LogP contribution in [0.2, 0.25) is 0 Å². The third-order valence-electron chi connectivity index (χ3n) is 4.13. The van der Waals surface area contributed by atoms with Gasteiger partial charge in [-0.25, -0.2) is 4.39 Å². The molecule has 0 N–H and O–H groups in total. The molecule has 2 unspecified atom stereocenters. The van der Waals surface area contributed by atoms with E-state index in [1.807, 2.05) is 4.90 Å². The number of hydrogen-bond acceptors (Lipinski definition) is 2. The number of carbonyl (C=O) groups excluding carboxylic acids is 1. The van der Waals surface area contributed by atoms with E-state index in [0.717, 1.165) is 25.7 Å². The second-order valence-corrected chi connectivity index (χ2v) is 5.59. The number of rotatable bonds is 3. The van der Waals surface area contributed by atoms with Crippen molar-refractivity contribution in [2.24, 2.45) is 0 Å². The number of carbonyl (C=O) groups is 1. The molecule has 0 aliphatic carbocycles. The lowest BCUT2D eigenvalue weighted by Gasteiger charge is -2.35. The highest BCUT2D eigenvalue weighted by Crippen LogP contribution is 2.37. The molecule has 2 aliphatic rings. The third kappa shape index (κ3) is 2.55. The normalized spacial score (nSPS) is 24.9. The highest BCUT2D eigenvalue weighted by atomic mass is 19.1. The molecule has 0 saturated carbocycles. The van der Waals surface area contributed by atoms with Crippen LogP contribution in [0.5, 0.6) is 5.75 Å². The van der Waals surface area contributed by atoms with Crippen LogP contribution in [0.25, 0.3) is 0 Å². The molecular formula is C16H18FNO2. The van der Waals surface area contributed by atoms with E-state index < -0.39 is 0 Å². The van der Waals surface area contributed by atoms with E-state index in [0.29, 0.717) is 17.8 Å². The van der Waals surface area contributed by atoms with Crippen molar-refractivity contribution in [1.29, 1.82) is 0 Å². The first-order valence-corrected chi connectivity index (χ1v) is 6.99. The second kappa shape index (κ2) is 5.27. The van der Waals surface area contributed by atoms with E-state index in [2.05, 4.69) is 6.58 Å². The topological polar surface area (TPSA) is 29.5 Å². The molecule has 2 aliphatic heterocycles. The van der Waals surface area contributed by atoms with Crippen LogP contribution < -0.4 is 4.74 Å². The Bertz CT molecular complexity index is 510. The predicted octanol–water partition coefficient (Wildman–Crippen LogP) is 2.91. The lowest BCUT2D eigenvalue weighted by Crippen LogP contribution is -2.46. The van der Waals surface area contributed by atoms with Crippen molar-refractivity contribution in [2.75, 3.05) is 6.61 Å². The van der Waals surface area contributed by atoms with Crippen LogP contribution in [-0.4, -0.2) is 29.5 Å². The number of nitrogens with zero attached hydrogens (tertiary/aromatic N) is 1. The van der Waals surface area contributed by atoms with Gasteiger partial charge >= 0.3 is 0 Å². The lowest BCUT2D eigenvalue weighted by atomic mass is 9.98. The van der Waals surface area contributed by atoms with Crippen LogP contribution in [-0.2, 0) is 4.79 Å². The maximum atomic E-state index is 12.8. The number of ether oxygens (including phenoxy) is 1. The Hall–Kier alpha value is -1.84. The average molecular weight is 275 g/mol. The summed E-state index contributed by atoms with van der Waals surface area (Å²) in [6.45, 7) is 4.06. The minimum absolute atomic E-state index is 0.0190. The minimum atomic E-state index is -0.309. The number of hydrogen-bond donors (Lipinski definition) is 0. The average Bonchev–Trinajstić information content (AvgIpc) is 2.70. The summed E-state index contributed by atoms with van der Waals surface area (Å²) in [5.41, 5.74) is 1.25. The molecule has 2 atom stereocenters. The van der Waals surface area contributed by atoms with Gasteiger partial charge in [-0.05, 0) is 49.9 Å². The maximum absolute atomic E-state index is 12.8. The summed E-state index contributed by atoms with van der Waals surface area (Å²) in [7, 11) is 0. The summed E-state index contributed by atoms with van der Waals surface area (Å²) in [6.07, 6.45) is 3.95. The number of piperidine rings is 1. The van der Waals surface area contributed by atoms with Crippen LogP contribution in [0, 0.1) is 5.82 Å². The van der Waals surface area contributed by atoms with Gasteiger partial charge in [0, 0.05) is 12.1 Å². The highest BCUT2D eigenvalue weighted by Gasteiger charge is 2.40. The molecule has 3 rings (SSSR count). The van der Waals surface area contributed by atoms with E-state index in [-0.39, 0.29) is 18.3 Å². The summed E-state index contributed by atoms with van der Waals surface area (Å²) < 4.78 is 18.2. The zero-order valence-corrected chi connectivity index (χ0v) is 11.3. The zero-order valence-electron chi connectivity index (χ0n) is 11.3. The quantitative estimate of drug-likeness (QED) is 0.794. The van der Waals surface area contributed by atoms with Gasteiger partial charge in [0.05, 0.1) is 0 Å². The molecule has 2 saturated heterocycles. The minimum Gasteiger partial charge on any atom is -0.484 e. The standard InChI is InChI=1S/C16H18FNO2/c1-11-8-13-4-5-14(9-11)18(13)16(19)10-20-15-6-2-12(17)3-7-15/h2-3,6-7,13-14H,1,4-5,8-10H2. The zero-order chi connectivity index (χ0) is 14.1. The molecule has 2 fully saturated rings. The molecule has 0 radical (unpaired) electrons. The van der Waals surface area contributed by atoms with Gasteiger partial charge in [0.1, 0.15) is 11.6 Å². The van der Waals surface area contributed by atoms with E-state index in [9.17, 15) is 9.18 Å². The first kappa shape index (κ1) is 13.2. The predicted molar refractivity (Wildman–Crippen MR) is 73.9 cm³/mol.